The largest absolute Gasteiger partial charge is 0.497 e. The topological polar surface area (TPSA) is 26.3 Å². The summed E-state index contributed by atoms with van der Waals surface area (Å²) in [4.78, 5) is 12.0. The third-order valence-corrected chi connectivity index (χ3v) is 3.07. The average molecular weight is 276 g/mol. The summed E-state index contributed by atoms with van der Waals surface area (Å²) in [5, 5.41) is 0. The molecule has 0 aliphatic carbocycles. The molecule has 0 bridgehead atoms. The Balaban J connectivity index is 2.21. The van der Waals surface area contributed by atoms with E-state index in [9.17, 15) is 13.6 Å². The minimum atomic E-state index is -0.692. The lowest BCUT2D eigenvalue weighted by atomic mass is 10.0. The molecule has 0 N–H and O–H groups in total. The highest BCUT2D eigenvalue weighted by atomic mass is 19.1. The van der Waals surface area contributed by atoms with Crippen molar-refractivity contribution in [1.29, 1.82) is 0 Å². The van der Waals surface area contributed by atoms with Gasteiger partial charge in [0.1, 0.15) is 17.4 Å². The zero-order chi connectivity index (χ0) is 14.7. The monoisotopic (exact) mass is 276 g/mol. The second kappa shape index (κ2) is 5.82. The fourth-order valence-electron chi connectivity index (χ4n) is 1.88. The van der Waals surface area contributed by atoms with E-state index in [1.807, 2.05) is 0 Å². The number of carbonyl (C=O) groups is 1. The van der Waals surface area contributed by atoms with E-state index in [0.717, 1.165) is 17.7 Å². The molecule has 0 aliphatic heterocycles. The van der Waals surface area contributed by atoms with E-state index in [-0.39, 0.29) is 17.5 Å². The number of aryl methyl sites for hydroxylation is 1. The van der Waals surface area contributed by atoms with Crippen molar-refractivity contribution in [3.63, 3.8) is 0 Å². The van der Waals surface area contributed by atoms with Gasteiger partial charge >= 0.3 is 0 Å². The van der Waals surface area contributed by atoms with Crippen LogP contribution in [0, 0.1) is 18.6 Å². The molecular weight excluding hydrogens is 262 g/mol. The Kier molecular flexibility index (Phi) is 4.13. The van der Waals surface area contributed by atoms with Gasteiger partial charge in [-0.15, -0.1) is 0 Å². The van der Waals surface area contributed by atoms with Crippen LogP contribution in [0.3, 0.4) is 0 Å². The number of benzene rings is 2. The van der Waals surface area contributed by atoms with Gasteiger partial charge in [0.15, 0.2) is 5.78 Å². The van der Waals surface area contributed by atoms with Crippen LogP contribution in [0.15, 0.2) is 36.4 Å². The van der Waals surface area contributed by atoms with Gasteiger partial charge in [0.2, 0.25) is 0 Å². The molecule has 0 fully saturated rings. The van der Waals surface area contributed by atoms with Gasteiger partial charge in [-0.1, -0.05) is 12.1 Å². The van der Waals surface area contributed by atoms with Crippen LogP contribution < -0.4 is 4.74 Å². The molecule has 2 nitrogen and oxygen atoms in total. The lowest BCUT2D eigenvalue weighted by Gasteiger charge is -2.06. The number of ether oxygens (including phenoxy) is 1. The van der Waals surface area contributed by atoms with Gasteiger partial charge in [0.05, 0.1) is 12.7 Å². The van der Waals surface area contributed by atoms with Crippen molar-refractivity contribution >= 4 is 5.78 Å². The van der Waals surface area contributed by atoms with Crippen molar-refractivity contribution in [3.8, 4) is 5.75 Å². The predicted octanol–water partition coefficient (Wildman–Crippen LogP) is 3.71. The molecule has 2 aromatic carbocycles. The Morgan fingerprint density at radius 2 is 1.75 bits per heavy atom. The maximum absolute atomic E-state index is 13.7. The molecule has 0 spiro atoms. The van der Waals surface area contributed by atoms with E-state index < -0.39 is 17.4 Å². The Hall–Kier alpha value is -2.23. The maximum atomic E-state index is 13.7. The molecule has 2 rings (SSSR count). The zero-order valence-electron chi connectivity index (χ0n) is 11.2. The Labute approximate surface area is 116 Å². The van der Waals surface area contributed by atoms with Gasteiger partial charge in [-0.3, -0.25) is 4.79 Å². The standard InChI is InChI=1S/C16H14F2O2/c1-10-7-15(18)13(9-14(10)17)16(19)8-11-3-5-12(20-2)6-4-11/h3-7,9H,8H2,1-2H3. The van der Waals surface area contributed by atoms with E-state index in [1.165, 1.54) is 6.92 Å². The summed E-state index contributed by atoms with van der Waals surface area (Å²) in [6.07, 6.45) is 0.0173. The molecule has 0 radical (unpaired) electrons. The summed E-state index contributed by atoms with van der Waals surface area (Å²) in [6, 6.07) is 8.87. The van der Waals surface area contributed by atoms with Crippen LogP contribution >= 0.6 is 0 Å². The Morgan fingerprint density at radius 1 is 1.10 bits per heavy atom. The van der Waals surface area contributed by atoms with Gasteiger partial charge in [-0.2, -0.15) is 0 Å². The van der Waals surface area contributed by atoms with Crippen LogP contribution in [-0.2, 0) is 6.42 Å². The van der Waals surface area contributed by atoms with Crippen LogP contribution in [-0.4, -0.2) is 12.9 Å². The predicted molar refractivity (Wildman–Crippen MR) is 72.1 cm³/mol. The summed E-state index contributed by atoms with van der Waals surface area (Å²) in [7, 11) is 1.55. The molecule has 20 heavy (non-hydrogen) atoms. The van der Waals surface area contributed by atoms with E-state index in [0.29, 0.717) is 5.75 Å². The molecule has 0 aromatic heterocycles. The molecule has 0 unspecified atom stereocenters. The van der Waals surface area contributed by atoms with Crippen LogP contribution in [0.4, 0.5) is 8.78 Å². The first-order chi connectivity index (χ1) is 9.51. The Bertz CT molecular complexity index is 634. The van der Waals surface area contributed by atoms with Crippen molar-refractivity contribution in [2.75, 3.05) is 7.11 Å². The fraction of sp³-hybridized carbons (Fsp3) is 0.188. The molecule has 104 valence electrons. The van der Waals surface area contributed by atoms with Crippen molar-refractivity contribution in [2.24, 2.45) is 0 Å². The number of ketones is 1. The molecule has 0 atom stereocenters. The first-order valence-corrected chi connectivity index (χ1v) is 6.13. The highest BCUT2D eigenvalue weighted by molar-refractivity contribution is 5.97. The summed E-state index contributed by atoms with van der Waals surface area (Å²) < 4.78 is 32.1. The van der Waals surface area contributed by atoms with Gasteiger partial charge in [0, 0.05) is 6.42 Å². The normalized spacial score (nSPS) is 10.4. The van der Waals surface area contributed by atoms with Crippen molar-refractivity contribution < 1.29 is 18.3 Å². The molecule has 0 heterocycles. The maximum Gasteiger partial charge on any atom is 0.170 e. The third-order valence-electron chi connectivity index (χ3n) is 3.07. The second-order valence-corrected chi connectivity index (χ2v) is 4.53. The molecule has 0 amide bonds. The van der Waals surface area contributed by atoms with Crippen LogP contribution in [0.5, 0.6) is 5.75 Å². The number of halogens is 2. The molecule has 0 saturated heterocycles. The third kappa shape index (κ3) is 3.02. The number of hydrogen-bond acceptors (Lipinski definition) is 2. The van der Waals surface area contributed by atoms with Crippen molar-refractivity contribution in [1.82, 2.24) is 0 Å². The van der Waals surface area contributed by atoms with Gasteiger partial charge in [0.25, 0.3) is 0 Å². The van der Waals surface area contributed by atoms with Gasteiger partial charge < -0.3 is 4.74 Å². The van der Waals surface area contributed by atoms with Gasteiger partial charge in [-0.25, -0.2) is 8.78 Å². The number of carbonyl (C=O) groups excluding carboxylic acids is 1. The van der Waals surface area contributed by atoms with Crippen LogP contribution in [0.25, 0.3) is 0 Å². The van der Waals surface area contributed by atoms with E-state index >= 15 is 0 Å². The molecular formula is C16H14F2O2. The minimum Gasteiger partial charge on any atom is -0.497 e. The molecule has 4 heteroatoms. The summed E-state index contributed by atoms with van der Waals surface area (Å²) in [5.41, 5.74) is 0.684. The quantitative estimate of drug-likeness (QED) is 0.796. The van der Waals surface area contributed by atoms with Crippen LogP contribution in [0.1, 0.15) is 21.5 Å². The highest BCUT2D eigenvalue weighted by Crippen LogP contribution is 2.18. The highest BCUT2D eigenvalue weighted by Gasteiger charge is 2.15. The summed E-state index contributed by atoms with van der Waals surface area (Å²) >= 11 is 0. The number of methoxy groups -OCH3 is 1. The second-order valence-electron chi connectivity index (χ2n) is 4.53. The molecule has 0 aliphatic rings. The smallest absolute Gasteiger partial charge is 0.170 e. The Morgan fingerprint density at radius 3 is 2.35 bits per heavy atom. The SMILES string of the molecule is COc1ccc(CC(=O)c2cc(F)c(C)cc2F)cc1. The van der Waals surface area contributed by atoms with E-state index in [2.05, 4.69) is 0 Å². The van der Waals surface area contributed by atoms with Crippen molar-refractivity contribution in [3.05, 3.63) is 64.7 Å². The minimum absolute atomic E-state index is 0.0173. The van der Waals surface area contributed by atoms with E-state index in [1.54, 1.807) is 31.4 Å². The van der Waals surface area contributed by atoms with Crippen LogP contribution in [0.2, 0.25) is 0 Å². The number of Topliss-reactive ketones (excluding diaryl/α,β-unsaturated/α-hetero) is 1. The van der Waals surface area contributed by atoms with Gasteiger partial charge in [-0.05, 0) is 42.3 Å². The number of rotatable bonds is 4. The first-order valence-electron chi connectivity index (χ1n) is 6.13. The average Bonchev–Trinajstić information content (AvgIpc) is 2.43. The van der Waals surface area contributed by atoms with E-state index in [4.69, 9.17) is 4.74 Å². The van der Waals surface area contributed by atoms with Crippen molar-refractivity contribution in [2.45, 2.75) is 13.3 Å². The molecule has 0 saturated carbocycles. The summed E-state index contributed by atoms with van der Waals surface area (Å²) in [6.45, 7) is 1.45. The molecule has 2 aromatic rings. The lowest BCUT2D eigenvalue weighted by Crippen LogP contribution is -2.07. The fourth-order valence-corrected chi connectivity index (χ4v) is 1.88. The summed E-state index contributed by atoms with van der Waals surface area (Å²) in [5.74, 6) is -1.05. The first kappa shape index (κ1) is 14.2. The number of hydrogen-bond donors (Lipinski definition) is 0. The lowest BCUT2D eigenvalue weighted by molar-refractivity contribution is 0.0988. The zero-order valence-corrected chi connectivity index (χ0v) is 11.2.